The van der Waals surface area contributed by atoms with E-state index in [1.54, 1.807) is 48.5 Å². The highest BCUT2D eigenvalue weighted by molar-refractivity contribution is 6.30. The highest BCUT2D eigenvalue weighted by atomic mass is 35.5. The number of amides is 2. The van der Waals surface area contributed by atoms with Gasteiger partial charge in [0.15, 0.2) is 11.0 Å². The third-order valence-electron chi connectivity index (χ3n) is 3.33. The van der Waals surface area contributed by atoms with Crippen LogP contribution in [0.2, 0.25) is 10.2 Å². The molecule has 126 valence electrons. The molecule has 2 amide bonds. The Labute approximate surface area is 153 Å². The molecular formula is C18H12Cl2N2O3. The minimum Gasteiger partial charge on any atom is -0.440 e. The molecule has 0 atom stereocenters. The second-order valence-corrected chi connectivity index (χ2v) is 5.87. The molecule has 0 radical (unpaired) electrons. The summed E-state index contributed by atoms with van der Waals surface area (Å²) in [6, 6.07) is 16.3. The molecule has 2 N–H and O–H groups in total. The second-order valence-electron chi connectivity index (χ2n) is 5.06. The largest absolute Gasteiger partial charge is 0.440 e. The molecule has 0 fully saturated rings. The van der Waals surface area contributed by atoms with Crippen LogP contribution in [0.4, 0.5) is 11.4 Å². The van der Waals surface area contributed by atoms with Gasteiger partial charge in [-0.05, 0) is 60.1 Å². The van der Waals surface area contributed by atoms with Crippen molar-refractivity contribution in [2.75, 3.05) is 10.6 Å². The summed E-state index contributed by atoms with van der Waals surface area (Å²) in [7, 11) is 0. The number of halogens is 2. The standard InChI is InChI=1S/C18H12Cl2N2O3/c19-12-7-5-11(6-8-12)17(23)21-13-3-1-2-4-14(13)22-18(24)15-9-10-16(20)25-15/h1-10H,(H,21,23)(H,22,24). The monoisotopic (exact) mass is 374 g/mol. The van der Waals surface area contributed by atoms with Crippen molar-refractivity contribution in [3.8, 4) is 0 Å². The van der Waals surface area contributed by atoms with Crippen LogP contribution in [0.25, 0.3) is 0 Å². The van der Waals surface area contributed by atoms with Gasteiger partial charge in [-0.25, -0.2) is 0 Å². The van der Waals surface area contributed by atoms with E-state index in [4.69, 9.17) is 27.6 Å². The number of hydrogen-bond acceptors (Lipinski definition) is 3. The Kier molecular flexibility index (Phi) is 5.07. The van der Waals surface area contributed by atoms with Crippen molar-refractivity contribution in [2.24, 2.45) is 0 Å². The quantitative estimate of drug-likeness (QED) is 0.667. The topological polar surface area (TPSA) is 71.3 Å². The fraction of sp³-hybridized carbons (Fsp3) is 0. The molecule has 0 aliphatic rings. The fourth-order valence-electron chi connectivity index (χ4n) is 2.12. The highest BCUT2D eigenvalue weighted by Crippen LogP contribution is 2.23. The van der Waals surface area contributed by atoms with Gasteiger partial charge in [-0.3, -0.25) is 9.59 Å². The molecule has 0 saturated carbocycles. The molecule has 0 saturated heterocycles. The van der Waals surface area contributed by atoms with Crippen LogP contribution in [0.15, 0.2) is 65.1 Å². The van der Waals surface area contributed by atoms with E-state index in [2.05, 4.69) is 10.6 Å². The number of hydrogen-bond donors (Lipinski definition) is 2. The summed E-state index contributed by atoms with van der Waals surface area (Å²) in [4.78, 5) is 24.5. The van der Waals surface area contributed by atoms with Crippen LogP contribution < -0.4 is 10.6 Å². The summed E-state index contributed by atoms with van der Waals surface area (Å²) >= 11 is 11.5. The molecule has 5 nitrogen and oxygen atoms in total. The van der Waals surface area contributed by atoms with Gasteiger partial charge in [0.1, 0.15) is 0 Å². The summed E-state index contributed by atoms with van der Waals surface area (Å²) in [6.45, 7) is 0. The van der Waals surface area contributed by atoms with Crippen LogP contribution in [-0.2, 0) is 0 Å². The smallest absolute Gasteiger partial charge is 0.291 e. The van der Waals surface area contributed by atoms with Gasteiger partial charge in [-0.2, -0.15) is 0 Å². The Morgan fingerprint density at radius 1 is 0.760 bits per heavy atom. The summed E-state index contributed by atoms with van der Waals surface area (Å²) < 4.78 is 5.07. The number of para-hydroxylation sites is 2. The number of furan rings is 1. The van der Waals surface area contributed by atoms with Gasteiger partial charge in [-0.1, -0.05) is 23.7 Å². The van der Waals surface area contributed by atoms with E-state index in [0.29, 0.717) is 22.0 Å². The first-order chi connectivity index (χ1) is 12.0. The average molecular weight is 375 g/mol. The Bertz CT molecular complexity index is 920. The highest BCUT2D eigenvalue weighted by Gasteiger charge is 2.14. The van der Waals surface area contributed by atoms with Gasteiger partial charge in [0.25, 0.3) is 11.8 Å². The summed E-state index contributed by atoms with van der Waals surface area (Å²) in [6.07, 6.45) is 0. The summed E-state index contributed by atoms with van der Waals surface area (Å²) in [5.74, 6) is -0.719. The van der Waals surface area contributed by atoms with Crippen LogP contribution >= 0.6 is 23.2 Å². The van der Waals surface area contributed by atoms with E-state index >= 15 is 0 Å². The van der Waals surface area contributed by atoms with E-state index in [-0.39, 0.29) is 16.9 Å². The average Bonchev–Trinajstić information content (AvgIpc) is 3.04. The van der Waals surface area contributed by atoms with Crippen molar-refractivity contribution < 1.29 is 14.0 Å². The molecule has 1 heterocycles. The molecule has 3 aromatic rings. The maximum Gasteiger partial charge on any atom is 0.291 e. The predicted molar refractivity (Wildman–Crippen MR) is 97.5 cm³/mol. The molecule has 2 aromatic carbocycles. The Morgan fingerprint density at radius 2 is 1.36 bits per heavy atom. The van der Waals surface area contributed by atoms with Gasteiger partial charge in [0.05, 0.1) is 11.4 Å². The number of rotatable bonds is 4. The zero-order chi connectivity index (χ0) is 17.8. The van der Waals surface area contributed by atoms with E-state index in [0.717, 1.165) is 0 Å². The van der Waals surface area contributed by atoms with Crippen molar-refractivity contribution >= 4 is 46.4 Å². The zero-order valence-corrected chi connectivity index (χ0v) is 14.3. The van der Waals surface area contributed by atoms with Crippen LogP contribution in [-0.4, -0.2) is 11.8 Å². The number of nitrogens with one attached hydrogen (secondary N) is 2. The van der Waals surface area contributed by atoms with Gasteiger partial charge < -0.3 is 15.1 Å². The molecular weight excluding hydrogens is 363 g/mol. The van der Waals surface area contributed by atoms with E-state index in [9.17, 15) is 9.59 Å². The van der Waals surface area contributed by atoms with Gasteiger partial charge in [-0.15, -0.1) is 0 Å². The lowest BCUT2D eigenvalue weighted by atomic mass is 10.2. The molecule has 0 aliphatic carbocycles. The molecule has 3 rings (SSSR count). The van der Waals surface area contributed by atoms with Crippen molar-refractivity contribution in [1.29, 1.82) is 0 Å². The van der Waals surface area contributed by atoms with Crippen LogP contribution in [0.3, 0.4) is 0 Å². The van der Waals surface area contributed by atoms with E-state index < -0.39 is 5.91 Å². The van der Waals surface area contributed by atoms with Gasteiger partial charge in [0, 0.05) is 10.6 Å². The normalized spacial score (nSPS) is 10.3. The Hall–Kier alpha value is -2.76. The molecule has 0 bridgehead atoms. The van der Waals surface area contributed by atoms with Crippen molar-refractivity contribution in [2.45, 2.75) is 0 Å². The van der Waals surface area contributed by atoms with E-state index in [1.807, 2.05) is 0 Å². The first-order valence-corrected chi connectivity index (χ1v) is 8.01. The van der Waals surface area contributed by atoms with Gasteiger partial charge in [0.2, 0.25) is 0 Å². The number of carbonyl (C=O) groups excluding carboxylic acids is 2. The zero-order valence-electron chi connectivity index (χ0n) is 12.8. The second kappa shape index (κ2) is 7.42. The van der Waals surface area contributed by atoms with Crippen molar-refractivity contribution in [3.05, 3.63) is 82.2 Å². The molecule has 0 aliphatic heterocycles. The van der Waals surface area contributed by atoms with Crippen LogP contribution in [0, 0.1) is 0 Å². The molecule has 0 spiro atoms. The predicted octanol–water partition coefficient (Wildman–Crippen LogP) is 5.09. The molecule has 25 heavy (non-hydrogen) atoms. The van der Waals surface area contributed by atoms with Crippen molar-refractivity contribution in [1.82, 2.24) is 0 Å². The summed E-state index contributed by atoms with van der Waals surface area (Å²) in [5, 5.41) is 6.10. The third kappa shape index (κ3) is 4.21. The van der Waals surface area contributed by atoms with Gasteiger partial charge >= 0.3 is 0 Å². The SMILES string of the molecule is O=C(Nc1ccccc1NC(=O)c1ccc(Cl)o1)c1ccc(Cl)cc1. The maximum absolute atomic E-state index is 12.3. The molecule has 7 heteroatoms. The van der Waals surface area contributed by atoms with Crippen LogP contribution in [0.1, 0.15) is 20.9 Å². The Morgan fingerprint density at radius 3 is 1.92 bits per heavy atom. The molecule has 1 aromatic heterocycles. The van der Waals surface area contributed by atoms with Crippen LogP contribution in [0.5, 0.6) is 0 Å². The van der Waals surface area contributed by atoms with E-state index in [1.165, 1.54) is 12.1 Å². The first kappa shape index (κ1) is 17.1. The minimum absolute atomic E-state index is 0.0730. The number of benzene rings is 2. The number of anilines is 2. The lowest BCUT2D eigenvalue weighted by molar-refractivity contribution is 0.0993. The lowest BCUT2D eigenvalue weighted by Crippen LogP contribution is -2.16. The minimum atomic E-state index is -0.472. The number of carbonyl (C=O) groups is 2. The fourth-order valence-corrected chi connectivity index (χ4v) is 2.39. The lowest BCUT2D eigenvalue weighted by Gasteiger charge is -2.11. The maximum atomic E-state index is 12.3. The summed E-state index contributed by atoms with van der Waals surface area (Å²) in [5.41, 5.74) is 1.33. The van der Waals surface area contributed by atoms with Crippen molar-refractivity contribution in [3.63, 3.8) is 0 Å². The molecule has 0 unspecified atom stereocenters. The Balaban J connectivity index is 1.77. The third-order valence-corrected chi connectivity index (χ3v) is 3.78. The first-order valence-electron chi connectivity index (χ1n) is 7.25.